The van der Waals surface area contributed by atoms with E-state index in [1.54, 1.807) is 12.1 Å². The summed E-state index contributed by atoms with van der Waals surface area (Å²) in [5.74, 6) is 1.79. The van der Waals surface area contributed by atoms with Gasteiger partial charge in [0.2, 0.25) is 0 Å². The summed E-state index contributed by atoms with van der Waals surface area (Å²) in [4.78, 5) is 14.2. The lowest BCUT2D eigenvalue weighted by atomic mass is 10.0. The second kappa shape index (κ2) is 5.71. The van der Waals surface area contributed by atoms with Gasteiger partial charge in [0.1, 0.15) is 13.2 Å². The molecule has 3 N–H and O–H groups in total. The first-order valence-corrected chi connectivity index (χ1v) is 7.38. The van der Waals surface area contributed by atoms with Gasteiger partial charge in [0.25, 0.3) is 0 Å². The fourth-order valence-electron chi connectivity index (χ4n) is 2.78. The monoisotopic (exact) mass is 291 g/mol. The number of amides is 2. The SMILES string of the molecule is CC1CCCN(C(=O)Nc2cc3c(cc2N)OCCO3)C1. The van der Waals surface area contributed by atoms with E-state index in [9.17, 15) is 4.79 Å². The molecule has 1 fully saturated rings. The maximum atomic E-state index is 12.3. The summed E-state index contributed by atoms with van der Waals surface area (Å²) in [6, 6.07) is 3.32. The van der Waals surface area contributed by atoms with Crippen LogP contribution in [0.3, 0.4) is 0 Å². The largest absolute Gasteiger partial charge is 0.486 e. The van der Waals surface area contributed by atoms with E-state index in [0.717, 1.165) is 19.5 Å². The molecule has 114 valence electrons. The van der Waals surface area contributed by atoms with Crippen molar-refractivity contribution in [3.8, 4) is 11.5 Å². The molecule has 0 bridgehead atoms. The summed E-state index contributed by atoms with van der Waals surface area (Å²) in [7, 11) is 0. The van der Waals surface area contributed by atoms with Gasteiger partial charge in [0, 0.05) is 25.2 Å². The lowest BCUT2D eigenvalue weighted by molar-refractivity contribution is 0.171. The summed E-state index contributed by atoms with van der Waals surface area (Å²) >= 11 is 0. The van der Waals surface area contributed by atoms with Crippen molar-refractivity contribution < 1.29 is 14.3 Å². The number of nitrogens with one attached hydrogen (secondary N) is 1. The zero-order chi connectivity index (χ0) is 14.8. The van der Waals surface area contributed by atoms with Crippen LogP contribution in [0, 0.1) is 5.92 Å². The molecule has 1 aromatic rings. The van der Waals surface area contributed by atoms with Crippen LogP contribution in [-0.2, 0) is 0 Å². The smallest absolute Gasteiger partial charge is 0.321 e. The zero-order valence-electron chi connectivity index (χ0n) is 12.2. The van der Waals surface area contributed by atoms with Gasteiger partial charge in [-0.15, -0.1) is 0 Å². The third-order valence-electron chi connectivity index (χ3n) is 3.90. The molecule has 0 aliphatic carbocycles. The molecule has 1 saturated heterocycles. The summed E-state index contributed by atoms with van der Waals surface area (Å²) < 4.78 is 11.0. The van der Waals surface area contributed by atoms with E-state index in [2.05, 4.69) is 12.2 Å². The highest BCUT2D eigenvalue weighted by Gasteiger charge is 2.22. The van der Waals surface area contributed by atoms with Crippen molar-refractivity contribution in [1.29, 1.82) is 0 Å². The molecule has 2 aliphatic heterocycles. The number of ether oxygens (including phenoxy) is 2. The molecule has 3 rings (SSSR count). The van der Waals surface area contributed by atoms with Crippen LogP contribution in [0.4, 0.5) is 16.2 Å². The Hall–Kier alpha value is -2.11. The highest BCUT2D eigenvalue weighted by atomic mass is 16.6. The van der Waals surface area contributed by atoms with E-state index in [1.807, 2.05) is 4.90 Å². The first kappa shape index (κ1) is 13.9. The van der Waals surface area contributed by atoms with Crippen LogP contribution in [0.5, 0.6) is 11.5 Å². The van der Waals surface area contributed by atoms with Crippen molar-refractivity contribution in [3.63, 3.8) is 0 Å². The number of hydrogen-bond acceptors (Lipinski definition) is 4. The molecule has 2 amide bonds. The number of carbonyl (C=O) groups excluding carboxylic acids is 1. The van der Waals surface area contributed by atoms with Crippen LogP contribution in [0.25, 0.3) is 0 Å². The van der Waals surface area contributed by atoms with Crippen molar-refractivity contribution in [3.05, 3.63) is 12.1 Å². The molecular weight excluding hydrogens is 270 g/mol. The van der Waals surface area contributed by atoms with Gasteiger partial charge in [-0.2, -0.15) is 0 Å². The van der Waals surface area contributed by atoms with Crippen molar-refractivity contribution in [1.82, 2.24) is 4.90 Å². The van der Waals surface area contributed by atoms with Gasteiger partial charge in [0.15, 0.2) is 11.5 Å². The van der Waals surface area contributed by atoms with E-state index in [4.69, 9.17) is 15.2 Å². The zero-order valence-corrected chi connectivity index (χ0v) is 12.2. The van der Waals surface area contributed by atoms with Crippen molar-refractivity contribution in [2.45, 2.75) is 19.8 Å². The Morgan fingerprint density at radius 2 is 2.05 bits per heavy atom. The predicted molar refractivity (Wildman–Crippen MR) is 80.8 cm³/mol. The Morgan fingerprint density at radius 3 is 2.76 bits per heavy atom. The molecule has 0 saturated carbocycles. The molecule has 21 heavy (non-hydrogen) atoms. The Balaban J connectivity index is 1.73. The molecule has 2 aliphatic rings. The second-order valence-electron chi connectivity index (χ2n) is 5.71. The Morgan fingerprint density at radius 1 is 1.33 bits per heavy atom. The first-order chi connectivity index (χ1) is 10.1. The molecular formula is C15H21N3O3. The van der Waals surface area contributed by atoms with Gasteiger partial charge in [-0.1, -0.05) is 6.92 Å². The lowest BCUT2D eigenvalue weighted by Gasteiger charge is -2.31. The summed E-state index contributed by atoms with van der Waals surface area (Å²) in [6.45, 7) is 4.77. The number of fused-ring (bicyclic) bond motifs is 1. The van der Waals surface area contributed by atoms with Crippen LogP contribution in [0.2, 0.25) is 0 Å². The van der Waals surface area contributed by atoms with Crippen LogP contribution in [0.1, 0.15) is 19.8 Å². The number of carbonyl (C=O) groups is 1. The van der Waals surface area contributed by atoms with Gasteiger partial charge in [-0.3, -0.25) is 0 Å². The maximum absolute atomic E-state index is 12.3. The Bertz CT molecular complexity index is 547. The number of anilines is 2. The summed E-state index contributed by atoms with van der Waals surface area (Å²) in [5.41, 5.74) is 7.04. The number of nitrogens with zero attached hydrogens (tertiary/aromatic N) is 1. The van der Waals surface area contributed by atoms with Crippen LogP contribution in [0.15, 0.2) is 12.1 Å². The topological polar surface area (TPSA) is 76.8 Å². The molecule has 2 heterocycles. The van der Waals surface area contributed by atoms with E-state index in [0.29, 0.717) is 42.0 Å². The standard InChI is InChI=1S/C15H21N3O3/c1-10-3-2-4-18(9-10)15(19)17-12-8-14-13(7-11(12)16)20-5-6-21-14/h7-8,10H,2-6,9,16H2,1H3,(H,17,19). The van der Waals surface area contributed by atoms with Crippen LogP contribution in [-0.4, -0.2) is 37.2 Å². The summed E-state index contributed by atoms with van der Waals surface area (Å²) in [6.07, 6.45) is 2.22. The highest BCUT2D eigenvalue weighted by molar-refractivity contribution is 5.93. The molecule has 6 heteroatoms. The van der Waals surface area contributed by atoms with Gasteiger partial charge >= 0.3 is 6.03 Å². The average Bonchev–Trinajstić information content (AvgIpc) is 2.48. The number of likely N-dealkylation sites (tertiary alicyclic amines) is 1. The van der Waals surface area contributed by atoms with E-state index < -0.39 is 0 Å². The third kappa shape index (κ3) is 2.99. The molecule has 1 atom stereocenters. The minimum Gasteiger partial charge on any atom is -0.486 e. The lowest BCUT2D eigenvalue weighted by Crippen LogP contribution is -2.41. The van der Waals surface area contributed by atoms with Crippen LogP contribution < -0.4 is 20.5 Å². The Kier molecular flexibility index (Phi) is 3.77. The quantitative estimate of drug-likeness (QED) is 0.778. The van der Waals surface area contributed by atoms with Crippen LogP contribution >= 0.6 is 0 Å². The highest BCUT2D eigenvalue weighted by Crippen LogP contribution is 2.37. The second-order valence-corrected chi connectivity index (χ2v) is 5.71. The fraction of sp³-hybridized carbons (Fsp3) is 0.533. The molecule has 0 radical (unpaired) electrons. The molecule has 1 unspecified atom stereocenters. The maximum Gasteiger partial charge on any atom is 0.321 e. The number of benzene rings is 1. The predicted octanol–water partition coefficient (Wildman–Crippen LogP) is 2.30. The fourth-order valence-corrected chi connectivity index (χ4v) is 2.78. The number of urea groups is 1. The van der Waals surface area contributed by atoms with Crippen molar-refractivity contribution in [2.24, 2.45) is 5.92 Å². The van der Waals surface area contributed by atoms with Gasteiger partial charge in [0.05, 0.1) is 11.4 Å². The molecule has 1 aromatic carbocycles. The minimum absolute atomic E-state index is 0.107. The van der Waals surface area contributed by atoms with Crippen molar-refractivity contribution in [2.75, 3.05) is 37.4 Å². The molecule has 0 aromatic heterocycles. The molecule has 0 spiro atoms. The number of nitrogens with two attached hydrogens (primary N) is 1. The van der Waals surface area contributed by atoms with Gasteiger partial charge < -0.3 is 25.4 Å². The summed E-state index contributed by atoms with van der Waals surface area (Å²) in [5, 5.41) is 2.88. The minimum atomic E-state index is -0.107. The van der Waals surface area contributed by atoms with Gasteiger partial charge in [-0.25, -0.2) is 4.79 Å². The number of hydrogen-bond donors (Lipinski definition) is 2. The van der Waals surface area contributed by atoms with Crippen molar-refractivity contribution >= 4 is 17.4 Å². The van der Waals surface area contributed by atoms with E-state index in [-0.39, 0.29) is 6.03 Å². The Labute approximate surface area is 124 Å². The average molecular weight is 291 g/mol. The van der Waals surface area contributed by atoms with E-state index >= 15 is 0 Å². The number of rotatable bonds is 1. The third-order valence-corrected chi connectivity index (χ3v) is 3.90. The van der Waals surface area contributed by atoms with E-state index in [1.165, 1.54) is 6.42 Å². The normalized spacial score (nSPS) is 21.0. The van der Waals surface area contributed by atoms with Gasteiger partial charge in [-0.05, 0) is 18.8 Å². The molecule has 6 nitrogen and oxygen atoms in total. The number of nitrogen functional groups attached to an aromatic ring is 1. The number of piperidine rings is 1. The first-order valence-electron chi connectivity index (χ1n) is 7.38.